The van der Waals surface area contributed by atoms with Crippen LogP contribution in [0.3, 0.4) is 0 Å². The molecule has 16 heavy (non-hydrogen) atoms. The van der Waals surface area contributed by atoms with Crippen molar-refractivity contribution in [1.82, 2.24) is 30.8 Å². The molecule has 2 amide bonds. The predicted molar refractivity (Wildman–Crippen MR) is 56.5 cm³/mol. The third-order valence-electron chi connectivity index (χ3n) is 2.73. The average Bonchev–Trinajstić information content (AvgIpc) is 2.83. The molecule has 1 aromatic rings. The van der Waals surface area contributed by atoms with E-state index in [1.54, 1.807) is 0 Å². The van der Waals surface area contributed by atoms with E-state index in [9.17, 15) is 4.79 Å². The first kappa shape index (κ1) is 10.8. The van der Waals surface area contributed by atoms with Gasteiger partial charge in [-0.05, 0) is 26.2 Å². The van der Waals surface area contributed by atoms with Gasteiger partial charge in [0, 0.05) is 13.1 Å². The lowest BCUT2D eigenvalue weighted by atomic mass is 10.1. The van der Waals surface area contributed by atoms with E-state index in [1.165, 1.54) is 6.42 Å². The number of nitrogens with one attached hydrogen (secondary N) is 2. The van der Waals surface area contributed by atoms with Crippen LogP contribution in [0.5, 0.6) is 0 Å². The third-order valence-corrected chi connectivity index (χ3v) is 2.73. The SMILES string of the molecule is CC(NC(=O)N1CCCCC1)c1nn[nH]n1. The number of hydrogen-bond donors (Lipinski definition) is 2. The first-order valence-electron chi connectivity index (χ1n) is 5.56. The summed E-state index contributed by atoms with van der Waals surface area (Å²) < 4.78 is 0. The maximum absolute atomic E-state index is 11.8. The summed E-state index contributed by atoms with van der Waals surface area (Å²) in [6.07, 6.45) is 3.39. The largest absolute Gasteiger partial charge is 0.328 e. The predicted octanol–water partition coefficient (Wildman–Crippen LogP) is 0.456. The Hall–Kier alpha value is -1.66. The minimum Gasteiger partial charge on any atom is -0.328 e. The summed E-state index contributed by atoms with van der Waals surface area (Å²) >= 11 is 0. The number of rotatable bonds is 2. The molecule has 7 nitrogen and oxygen atoms in total. The molecule has 1 aliphatic rings. The van der Waals surface area contributed by atoms with E-state index in [2.05, 4.69) is 25.9 Å². The smallest absolute Gasteiger partial charge is 0.317 e. The van der Waals surface area contributed by atoms with Gasteiger partial charge in [-0.3, -0.25) is 0 Å². The van der Waals surface area contributed by atoms with Gasteiger partial charge in [0.2, 0.25) is 0 Å². The highest BCUT2D eigenvalue weighted by molar-refractivity contribution is 5.74. The number of tetrazole rings is 1. The number of aromatic amines is 1. The molecule has 0 radical (unpaired) electrons. The number of likely N-dealkylation sites (tertiary alicyclic amines) is 1. The maximum Gasteiger partial charge on any atom is 0.317 e. The Morgan fingerprint density at radius 2 is 2.19 bits per heavy atom. The molecule has 0 aromatic carbocycles. The number of H-pyrrole nitrogens is 1. The van der Waals surface area contributed by atoms with Gasteiger partial charge in [0.1, 0.15) is 0 Å². The van der Waals surface area contributed by atoms with Gasteiger partial charge >= 0.3 is 6.03 Å². The van der Waals surface area contributed by atoms with Crippen LogP contribution in [-0.2, 0) is 0 Å². The van der Waals surface area contributed by atoms with E-state index in [-0.39, 0.29) is 12.1 Å². The molecular weight excluding hydrogens is 208 g/mol. The van der Waals surface area contributed by atoms with E-state index in [1.807, 2.05) is 11.8 Å². The fourth-order valence-corrected chi connectivity index (χ4v) is 1.79. The van der Waals surface area contributed by atoms with Crippen molar-refractivity contribution >= 4 is 6.03 Å². The minimum absolute atomic E-state index is 0.0444. The molecule has 2 heterocycles. The van der Waals surface area contributed by atoms with Crippen molar-refractivity contribution < 1.29 is 4.79 Å². The highest BCUT2D eigenvalue weighted by Gasteiger charge is 2.19. The summed E-state index contributed by atoms with van der Waals surface area (Å²) in [7, 11) is 0. The van der Waals surface area contributed by atoms with Gasteiger partial charge in [0.25, 0.3) is 0 Å². The molecule has 2 N–H and O–H groups in total. The van der Waals surface area contributed by atoms with Gasteiger partial charge in [-0.2, -0.15) is 5.21 Å². The van der Waals surface area contributed by atoms with Crippen LogP contribution in [0.25, 0.3) is 0 Å². The third kappa shape index (κ3) is 2.47. The summed E-state index contributed by atoms with van der Waals surface area (Å²) in [5, 5.41) is 16.4. The molecule has 1 aliphatic heterocycles. The molecule has 0 saturated carbocycles. The van der Waals surface area contributed by atoms with Crippen LogP contribution >= 0.6 is 0 Å². The summed E-state index contributed by atoms with van der Waals surface area (Å²) in [5.74, 6) is 0.505. The molecule has 1 fully saturated rings. The van der Waals surface area contributed by atoms with E-state index in [0.29, 0.717) is 5.82 Å². The number of amides is 2. The molecule has 1 atom stereocenters. The molecule has 2 rings (SSSR count). The van der Waals surface area contributed by atoms with Crippen LogP contribution in [0.15, 0.2) is 0 Å². The van der Waals surface area contributed by atoms with Crippen molar-refractivity contribution in [3.8, 4) is 0 Å². The average molecular weight is 224 g/mol. The second-order valence-corrected chi connectivity index (χ2v) is 3.99. The number of hydrogen-bond acceptors (Lipinski definition) is 4. The number of carbonyl (C=O) groups is 1. The Kier molecular flexibility index (Phi) is 3.33. The van der Waals surface area contributed by atoms with E-state index in [4.69, 9.17) is 0 Å². The Morgan fingerprint density at radius 1 is 1.44 bits per heavy atom. The van der Waals surface area contributed by atoms with Crippen molar-refractivity contribution in [2.75, 3.05) is 13.1 Å². The molecule has 0 bridgehead atoms. The van der Waals surface area contributed by atoms with Crippen molar-refractivity contribution in [3.63, 3.8) is 0 Å². The Labute approximate surface area is 93.6 Å². The van der Waals surface area contributed by atoms with Gasteiger partial charge in [0.05, 0.1) is 6.04 Å². The maximum atomic E-state index is 11.8. The van der Waals surface area contributed by atoms with Crippen LogP contribution in [0.4, 0.5) is 4.79 Å². The summed E-state index contributed by atoms with van der Waals surface area (Å²) in [4.78, 5) is 13.7. The highest BCUT2D eigenvalue weighted by atomic mass is 16.2. The standard InChI is InChI=1S/C9H16N6O/c1-7(8-11-13-14-12-8)10-9(16)15-5-3-2-4-6-15/h7H,2-6H2,1H3,(H,10,16)(H,11,12,13,14). The zero-order valence-electron chi connectivity index (χ0n) is 9.31. The van der Waals surface area contributed by atoms with Gasteiger partial charge in [0.15, 0.2) is 5.82 Å². The Balaban J connectivity index is 1.86. The topological polar surface area (TPSA) is 86.8 Å². The molecule has 1 aromatic heterocycles. The van der Waals surface area contributed by atoms with Crippen LogP contribution in [0, 0.1) is 0 Å². The van der Waals surface area contributed by atoms with E-state index < -0.39 is 0 Å². The zero-order chi connectivity index (χ0) is 11.4. The lowest BCUT2D eigenvalue weighted by molar-refractivity contribution is 0.183. The molecule has 0 aliphatic carbocycles. The summed E-state index contributed by atoms with van der Waals surface area (Å²) in [6.45, 7) is 3.52. The first-order chi connectivity index (χ1) is 7.77. The quantitative estimate of drug-likeness (QED) is 0.763. The summed E-state index contributed by atoms with van der Waals surface area (Å²) in [6, 6.07) is -0.259. The second kappa shape index (κ2) is 4.91. The van der Waals surface area contributed by atoms with Crippen LogP contribution in [0.2, 0.25) is 0 Å². The summed E-state index contributed by atoms with van der Waals surface area (Å²) in [5.41, 5.74) is 0. The minimum atomic E-state index is -0.215. The molecular formula is C9H16N6O. The monoisotopic (exact) mass is 224 g/mol. The molecule has 0 spiro atoms. The zero-order valence-corrected chi connectivity index (χ0v) is 9.31. The number of urea groups is 1. The molecule has 1 saturated heterocycles. The fraction of sp³-hybridized carbons (Fsp3) is 0.778. The fourth-order valence-electron chi connectivity index (χ4n) is 1.79. The lowest BCUT2D eigenvalue weighted by Crippen LogP contribution is -2.43. The lowest BCUT2D eigenvalue weighted by Gasteiger charge is -2.27. The van der Waals surface area contributed by atoms with Gasteiger partial charge in [-0.25, -0.2) is 4.79 Å². The Morgan fingerprint density at radius 3 is 2.81 bits per heavy atom. The molecule has 1 unspecified atom stereocenters. The number of carbonyl (C=O) groups excluding carboxylic acids is 1. The van der Waals surface area contributed by atoms with Crippen LogP contribution in [-0.4, -0.2) is 44.6 Å². The number of aromatic nitrogens is 4. The van der Waals surface area contributed by atoms with Crippen molar-refractivity contribution in [1.29, 1.82) is 0 Å². The second-order valence-electron chi connectivity index (χ2n) is 3.99. The molecule has 7 heteroatoms. The first-order valence-corrected chi connectivity index (χ1v) is 5.56. The van der Waals surface area contributed by atoms with E-state index in [0.717, 1.165) is 25.9 Å². The van der Waals surface area contributed by atoms with Crippen LogP contribution in [0.1, 0.15) is 38.1 Å². The normalized spacial score (nSPS) is 18.2. The van der Waals surface area contributed by atoms with Crippen LogP contribution < -0.4 is 5.32 Å². The van der Waals surface area contributed by atoms with E-state index >= 15 is 0 Å². The highest BCUT2D eigenvalue weighted by Crippen LogP contribution is 2.10. The Bertz CT molecular complexity index is 332. The number of piperidine rings is 1. The van der Waals surface area contributed by atoms with Crippen molar-refractivity contribution in [2.24, 2.45) is 0 Å². The van der Waals surface area contributed by atoms with Gasteiger partial charge in [-0.15, -0.1) is 10.2 Å². The van der Waals surface area contributed by atoms with Crippen molar-refractivity contribution in [2.45, 2.75) is 32.2 Å². The molecule has 88 valence electrons. The van der Waals surface area contributed by atoms with Gasteiger partial charge < -0.3 is 10.2 Å². The van der Waals surface area contributed by atoms with Crippen molar-refractivity contribution in [3.05, 3.63) is 5.82 Å². The number of nitrogens with zero attached hydrogens (tertiary/aromatic N) is 4. The van der Waals surface area contributed by atoms with Gasteiger partial charge in [-0.1, -0.05) is 5.21 Å².